The predicted molar refractivity (Wildman–Crippen MR) is 462 cm³/mol. The fourth-order valence-corrected chi connectivity index (χ4v) is 17.6. The van der Waals surface area contributed by atoms with E-state index >= 15 is 0 Å². The number of benzene rings is 6. The number of carbonyl (C=O) groups excluding carboxylic acids is 12. The van der Waals surface area contributed by atoms with Crippen molar-refractivity contribution in [1.82, 2.24) is 95.4 Å². The first-order chi connectivity index (χ1) is 58.0. The summed E-state index contributed by atoms with van der Waals surface area (Å²) in [5, 5.41) is 41.1. The third-order valence-corrected chi connectivity index (χ3v) is 23.9. The van der Waals surface area contributed by atoms with Crippen molar-refractivity contribution in [2.75, 3.05) is 68.7 Å². The first kappa shape index (κ1) is 90.8. The van der Waals surface area contributed by atoms with Crippen LogP contribution in [0.2, 0.25) is 0 Å². The zero-order valence-electron chi connectivity index (χ0n) is 70.4. The maximum absolute atomic E-state index is 13.3. The monoisotopic (exact) mass is 1650 g/mol. The standard InChI is InChI=1S/2C26H40N6O3.C25H24N4O3.C12H15N3O3/c2*1-27-23(33)18-13-14-19(20(15-18)24(34)28-2)25(35)30-26-29-21(16-9-5-3-6-10-16)22(31-32-26)17-11-7-4-8-12-17;1-4-29-21-8-6-5-7-17(21)19-14-16(10-12-22(19)29)28-25(32)18-11-9-15(23(30)26-2)13-20(18)24(31)27-3;1-13-10(16)7-4-5-8(11(17)14-2)9(6-7)12(18)15-3/h2*13-17,21-22,26,29,31-32H,3-12H2,1-2H3,(H,27,33)(H,28,34)(H,30,35);5-14H,4H2,1-3H3,(H,26,30)(H,27,31)(H,28,32);4-6H,1-3H3,(H,13,16)(H,14,17)(H,15,18). The van der Waals surface area contributed by atoms with Crippen molar-refractivity contribution in [1.29, 1.82) is 0 Å². The van der Waals surface area contributed by atoms with Crippen LogP contribution in [0.5, 0.6) is 0 Å². The van der Waals surface area contributed by atoms with E-state index in [1.54, 1.807) is 12.1 Å². The van der Waals surface area contributed by atoms with Gasteiger partial charge in [-0.25, -0.2) is 10.9 Å². The van der Waals surface area contributed by atoms with Crippen molar-refractivity contribution in [3.63, 3.8) is 0 Å². The molecule has 4 aliphatic carbocycles. The van der Waals surface area contributed by atoms with Gasteiger partial charge in [0.15, 0.2) is 0 Å². The number of hydrogen-bond acceptors (Lipinski definition) is 18. The van der Waals surface area contributed by atoms with Crippen LogP contribution in [0.3, 0.4) is 0 Å². The van der Waals surface area contributed by atoms with Crippen LogP contribution in [0.1, 0.15) is 260 Å². The van der Waals surface area contributed by atoms with E-state index in [1.807, 2.05) is 30.3 Å². The Balaban J connectivity index is 0.000000172. The molecule has 0 bridgehead atoms. The normalized spacial score (nSPS) is 19.5. The quantitative estimate of drug-likeness (QED) is 0.0349. The van der Waals surface area contributed by atoms with Crippen molar-refractivity contribution in [2.45, 2.75) is 179 Å². The fourth-order valence-electron chi connectivity index (χ4n) is 17.6. The molecule has 4 saturated carbocycles. The molecular formula is C89H119N19O12. The molecule has 31 heteroatoms. The minimum Gasteiger partial charge on any atom is -0.355 e. The summed E-state index contributed by atoms with van der Waals surface area (Å²) >= 11 is 0. The molecule has 120 heavy (non-hydrogen) atoms. The van der Waals surface area contributed by atoms with Crippen molar-refractivity contribution in [3.05, 3.63) is 182 Å². The first-order valence-electron chi connectivity index (χ1n) is 42.1. The van der Waals surface area contributed by atoms with Gasteiger partial charge in [-0.1, -0.05) is 95.2 Å². The number of amides is 12. The van der Waals surface area contributed by atoms with Gasteiger partial charge in [0.25, 0.3) is 70.9 Å². The summed E-state index contributed by atoms with van der Waals surface area (Å²) in [5.41, 5.74) is 19.3. The van der Waals surface area contributed by atoms with Crippen molar-refractivity contribution < 1.29 is 57.5 Å². The van der Waals surface area contributed by atoms with E-state index in [2.05, 4.69) is 120 Å². The topological polar surface area (TPSA) is 426 Å². The molecule has 3 heterocycles. The Hall–Kier alpha value is -11.5. The number of carbonyl (C=O) groups is 12. The molecule has 6 aromatic carbocycles. The lowest BCUT2D eigenvalue weighted by atomic mass is 9.74. The molecule has 13 rings (SSSR count). The lowest BCUT2D eigenvalue weighted by Gasteiger charge is -2.47. The molecule has 6 unspecified atom stereocenters. The van der Waals surface area contributed by atoms with Crippen molar-refractivity contribution in [2.24, 2.45) is 23.7 Å². The molecule has 31 nitrogen and oxygen atoms in total. The van der Waals surface area contributed by atoms with Crippen LogP contribution in [0.4, 0.5) is 5.69 Å². The van der Waals surface area contributed by atoms with E-state index in [1.165, 1.54) is 253 Å². The van der Waals surface area contributed by atoms with Crippen LogP contribution in [-0.2, 0) is 6.54 Å². The van der Waals surface area contributed by atoms with Crippen molar-refractivity contribution >= 4 is 98.4 Å². The average Bonchev–Trinajstić information content (AvgIpc) is 1.60. The Kier molecular flexibility index (Phi) is 33.3. The van der Waals surface area contributed by atoms with E-state index < -0.39 is 42.1 Å². The molecule has 0 radical (unpaired) electrons. The molecular weight excluding hydrogens is 1530 g/mol. The Bertz CT molecular complexity index is 4700. The smallest absolute Gasteiger partial charge is 0.256 e. The second-order valence-electron chi connectivity index (χ2n) is 31.1. The number of fused-ring (bicyclic) bond motifs is 3. The maximum Gasteiger partial charge on any atom is 0.256 e. The van der Waals surface area contributed by atoms with E-state index in [0.29, 0.717) is 63.7 Å². The lowest BCUT2D eigenvalue weighted by molar-refractivity contribution is 0.0651. The minimum absolute atomic E-state index is 0.134. The number of nitrogens with zero attached hydrogens (tertiary/aromatic N) is 1. The number of para-hydroxylation sites is 1. The third kappa shape index (κ3) is 22.3. The molecule has 2 saturated heterocycles. The van der Waals surface area contributed by atoms with Crippen LogP contribution in [0.15, 0.2) is 115 Å². The molecule has 2 aliphatic heterocycles. The van der Waals surface area contributed by atoms with Gasteiger partial charge < -0.3 is 68.4 Å². The van der Waals surface area contributed by atoms with Gasteiger partial charge in [0, 0.05) is 144 Å². The summed E-state index contributed by atoms with van der Waals surface area (Å²) in [6.45, 7) is 2.94. The third-order valence-electron chi connectivity index (χ3n) is 23.9. The average molecular weight is 1650 g/mol. The Morgan fingerprint density at radius 1 is 0.292 bits per heavy atom. The summed E-state index contributed by atoms with van der Waals surface area (Å²) in [7, 11) is 13.5. The molecule has 7 aromatic rings. The van der Waals surface area contributed by atoms with Gasteiger partial charge in [-0.2, -0.15) is 0 Å². The van der Waals surface area contributed by atoms with Gasteiger partial charge in [-0.05, 0) is 179 Å². The number of aromatic nitrogens is 1. The molecule has 0 spiro atoms. The van der Waals surface area contributed by atoms with Crippen LogP contribution in [0.25, 0.3) is 21.8 Å². The highest BCUT2D eigenvalue weighted by molar-refractivity contribution is 6.16. The van der Waals surface area contributed by atoms with Gasteiger partial charge in [-0.15, -0.1) is 0 Å². The van der Waals surface area contributed by atoms with E-state index in [4.69, 9.17) is 0 Å². The zero-order valence-corrected chi connectivity index (χ0v) is 70.4. The number of hydrogen-bond donors (Lipinski definition) is 18. The maximum atomic E-state index is 13.3. The lowest BCUT2D eigenvalue weighted by Crippen LogP contribution is -2.74. The fraction of sp³-hybridized carbons (Fsp3) is 0.461. The van der Waals surface area contributed by atoms with E-state index in [-0.39, 0.29) is 97.9 Å². The number of rotatable bonds is 20. The van der Waals surface area contributed by atoms with Crippen LogP contribution >= 0.6 is 0 Å². The summed E-state index contributed by atoms with van der Waals surface area (Å²) in [6, 6.07) is 33.0. The number of hydrazine groups is 2. The Morgan fingerprint density at radius 3 is 0.908 bits per heavy atom. The van der Waals surface area contributed by atoms with Gasteiger partial charge in [0.05, 0.1) is 44.5 Å². The molecule has 6 atom stereocenters. The molecule has 12 amide bonds. The molecule has 18 N–H and O–H groups in total. The molecule has 642 valence electrons. The summed E-state index contributed by atoms with van der Waals surface area (Å²) < 4.78 is 2.23. The molecule has 6 fully saturated rings. The molecule has 1 aromatic heterocycles. The van der Waals surface area contributed by atoms with Crippen LogP contribution < -0.4 is 96.1 Å². The zero-order chi connectivity index (χ0) is 86.1. The van der Waals surface area contributed by atoms with Crippen LogP contribution in [-0.4, -0.2) is 176 Å². The van der Waals surface area contributed by atoms with Gasteiger partial charge in [0.2, 0.25) is 0 Å². The second-order valence-corrected chi connectivity index (χ2v) is 31.1. The Labute approximate surface area is 701 Å². The highest BCUT2D eigenvalue weighted by Gasteiger charge is 2.43. The van der Waals surface area contributed by atoms with Crippen LogP contribution in [0, 0.1) is 23.7 Å². The number of aryl methyl sites for hydroxylation is 1. The first-order valence-corrected chi connectivity index (χ1v) is 42.1. The summed E-state index contributed by atoms with van der Waals surface area (Å²) in [4.78, 5) is 148. The van der Waals surface area contributed by atoms with Crippen molar-refractivity contribution in [3.8, 4) is 0 Å². The van der Waals surface area contributed by atoms with Gasteiger partial charge in [0.1, 0.15) is 12.6 Å². The largest absolute Gasteiger partial charge is 0.355 e. The van der Waals surface area contributed by atoms with E-state index in [0.717, 1.165) is 28.4 Å². The highest BCUT2D eigenvalue weighted by Crippen LogP contribution is 2.38. The van der Waals surface area contributed by atoms with Gasteiger partial charge in [-0.3, -0.25) is 79.0 Å². The summed E-state index contributed by atoms with van der Waals surface area (Å²) in [5.74, 6) is -2.11. The second kappa shape index (κ2) is 44.0. The number of nitrogens with one attached hydrogen (secondary N) is 18. The van der Waals surface area contributed by atoms with E-state index in [9.17, 15) is 57.5 Å². The van der Waals surface area contributed by atoms with Gasteiger partial charge >= 0.3 is 0 Å². The minimum atomic E-state index is -0.467. The predicted octanol–water partition coefficient (Wildman–Crippen LogP) is 7.58. The molecule has 6 aliphatic rings. The highest BCUT2D eigenvalue weighted by atomic mass is 16.2. The SMILES string of the molecule is CCn1c2ccccc2c2cc(NC(=O)c3ccc(C(=O)NC)cc3C(=O)NC)ccc21.CNC(=O)c1ccc(C(=O)NC)c(C(=O)NC)c1.CNC(=O)c1ccc(C(=O)NC2NNC(C3CCCCC3)C(C3CCCCC3)N2)c(C(=O)NC)c1.CNC(=O)c1ccc(C(=O)NC2NNC(C3CCCCC3)C(C3CCCCC3)N2)c(C(=O)NC)c1. The summed E-state index contributed by atoms with van der Waals surface area (Å²) in [6.07, 6.45) is 24.3. The Morgan fingerprint density at radius 2 is 0.583 bits per heavy atom. The number of anilines is 1.